The van der Waals surface area contributed by atoms with Crippen molar-refractivity contribution >= 4 is 69.2 Å². The first-order valence-electron chi connectivity index (χ1n) is 23.3. The summed E-state index contributed by atoms with van der Waals surface area (Å²) in [5, 5.41) is 13.6. The summed E-state index contributed by atoms with van der Waals surface area (Å²) in [6, 6.07) is 72.1. The second kappa shape index (κ2) is 25.5. The van der Waals surface area contributed by atoms with Gasteiger partial charge in [0.15, 0.2) is 0 Å². The van der Waals surface area contributed by atoms with Gasteiger partial charge in [-0.2, -0.15) is 12.1 Å². The van der Waals surface area contributed by atoms with Crippen molar-refractivity contribution < 1.29 is 29.0 Å². The quantitative estimate of drug-likeness (QED) is 0.118. The van der Waals surface area contributed by atoms with Gasteiger partial charge in [0.1, 0.15) is 31.8 Å². The Bertz CT molecular complexity index is 2350. The average Bonchev–Trinajstić information content (AvgIpc) is 4.16. The molecule has 65 heavy (non-hydrogen) atoms. The Morgan fingerprint density at radius 1 is 0.338 bits per heavy atom. The predicted molar refractivity (Wildman–Crippen MR) is 282 cm³/mol. The Labute approximate surface area is 402 Å². The van der Waals surface area contributed by atoms with Gasteiger partial charge >= 0.3 is 19.5 Å². The fourth-order valence-electron chi connectivity index (χ4n) is 9.02. The molecule has 0 unspecified atom stereocenters. The van der Waals surface area contributed by atoms with Gasteiger partial charge < -0.3 is 20.9 Å². The maximum Gasteiger partial charge on any atom is 2.00 e. The van der Waals surface area contributed by atoms with Crippen LogP contribution in [0.4, 0.5) is 0 Å². The van der Waals surface area contributed by atoms with E-state index in [0.717, 1.165) is 39.3 Å². The molecule has 1 saturated carbocycles. The molecule has 4 nitrogen and oxygen atoms in total. The molecule has 11 rings (SSSR count). The zero-order valence-corrected chi connectivity index (χ0v) is 41.0. The van der Waals surface area contributed by atoms with E-state index < -0.39 is 15.8 Å². The van der Waals surface area contributed by atoms with E-state index in [9.17, 15) is 0 Å². The smallest absolute Gasteiger partial charge is 0.676 e. The van der Waals surface area contributed by atoms with Crippen LogP contribution in [-0.4, -0.2) is 38.5 Å². The van der Waals surface area contributed by atoms with Gasteiger partial charge in [-0.25, -0.2) is 0 Å². The van der Waals surface area contributed by atoms with Crippen molar-refractivity contribution in [3.63, 3.8) is 0 Å². The first kappa shape index (κ1) is 48.5. The van der Waals surface area contributed by atoms with Crippen LogP contribution >= 0.6 is 15.8 Å². The van der Waals surface area contributed by atoms with E-state index in [4.69, 9.17) is 20.9 Å². The second-order valence-corrected chi connectivity index (χ2v) is 21.7. The van der Waals surface area contributed by atoms with Gasteiger partial charge in [-0.15, -0.1) is 0 Å². The molecule has 0 amide bonds. The monoisotopic (exact) mass is 982 g/mol. The van der Waals surface area contributed by atoms with Crippen molar-refractivity contribution in [2.24, 2.45) is 0 Å². The van der Waals surface area contributed by atoms with E-state index in [0.29, 0.717) is 0 Å². The van der Waals surface area contributed by atoms with Gasteiger partial charge in [-0.1, -0.05) is 159 Å². The summed E-state index contributed by atoms with van der Waals surface area (Å²) in [5.41, 5.74) is 17.3. The Balaban J connectivity index is 0.000000275. The molecule has 2 aliphatic heterocycles. The van der Waals surface area contributed by atoms with Gasteiger partial charge in [0.2, 0.25) is 0 Å². The van der Waals surface area contributed by atoms with Crippen LogP contribution in [0, 0.1) is 0 Å². The van der Waals surface area contributed by atoms with E-state index in [1.807, 2.05) is 0 Å². The summed E-state index contributed by atoms with van der Waals surface area (Å²) in [5.74, 6) is 0. The summed E-state index contributed by atoms with van der Waals surface area (Å²) in [6.45, 7) is 4.00. The van der Waals surface area contributed by atoms with E-state index in [2.05, 4.69) is 194 Å². The summed E-state index contributed by atoms with van der Waals surface area (Å²) < 4.78 is 9.89. The third kappa shape index (κ3) is 12.7. The van der Waals surface area contributed by atoms with Crippen LogP contribution in [0.2, 0.25) is 0 Å². The van der Waals surface area contributed by atoms with Crippen LogP contribution in [0.15, 0.2) is 194 Å². The maximum atomic E-state index is 7.29. The van der Waals surface area contributed by atoms with E-state index >= 15 is 0 Å². The molecule has 3 aliphatic rings. The topological polar surface area (TPSA) is 66.1 Å². The van der Waals surface area contributed by atoms with Crippen LogP contribution in [0.5, 0.6) is 0 Å². The van der Waals surface area contributed by atoms with Crippen LogP contribution in [0.25, 0.3) is 44.1 Å². The zero-order chi connectivity index (χ0) is 43.8. The number of hydrogen-bond donors (Lipinski definition) is 0. The minimum absolute atomic E-state index is 0. The first-order valence-corrected chi connectivity index (χ1v) is 26.3. The Morgan fingerprint density at radius 3 is 0.908 bits per heavy atom. The predicted octanol–water partition coefficient (Wildman–Crippen LogP) is 12.6. The fourth-order valence-corrected chi connectivity index (χ4v) is 14.6. The number of ether oxygens (including phenoxy) is 2. The molecule has 8 aromatic carbocycles. The number of hydrogen-bond acceptors (Lipinski definition) is 2. The van der Waals surface area contributed by atoms with Crippen molar-refractivity contribution in [3.8, 4) is 11.1 Å². The largest absolute Gasteiger partial charge is 2.00 e. The minimum Gasteiger partial charge on any atom is -0.676 e. The Kier molecular flexibility index (Phi) is 19.0. The van der Waals surface area contributed by atoms with Crippen LogP contribution in [-0.2, 0) is 29.0 Å². The molecule has 2 N–H and O–H groups in total. The Morgan fingerprint density at radius 2 is 0.631 bits per heavy atom. The number of fused-ring (bicyclic) bond motifs is 2. The molecule has 2 heterocycles. The van der Waals surface area contributed by atoms with Gasteiger partial charge in [-0.05, 0) is 108 Å². The van der Waals surface area contributed by atoms with E-state index in [1.54, 1.807) is 0 Å². The molecule has 0 aromatic heterocycles. The number of benzene rings is 8. The molecule has 2 atom stereocenters. The fraction of sp³-hybridized carbons (Fsp3) is 0.241. The molecular weight excluding hydrogens is 920 g/mol. The molecular formula is C58H62N2O2P2Ru+2. The first-order chi connectivity index (χ1) is 31.7. The maximum absolute atomic E-state index is 7.29. The van der Waals surface area contributed by atoms with Crippen molar-refractivity contribution in [2.45, 2.75) is 63.5 Å². The molecule has 332 valence electrons. The van der Waals surface area contributed by atoms with Gasteiger partial charge in [0, 0.05) is 37.6 Å². The molecule has 8 aromatic rings. The Hall–Kier alpha value is -4.40. The molecule has 0 bridgehead atoms. The third-order valence-corrected chi connectivity index (χ3v) is 17.9. The van der Waals surface area contributed by atoms with Crippen molar-refractivity contribution in [3.05, 3.63) is 206 Å². The third-order valence-electron chi connectivity index (χ3n) is 12.3. The zero-order valence-electron chi connectivity index (χ0n) is 37.3. The SMILES string of the molecule is C1CCOC1.C1CCOC1.[NH-][C@@H]1CCCC[C@H]1[NH-].[Ru+2].c1ccc([PH+](c2ccccc2)c2ccc3ccccc3c2-c2c([PH+](c3ccccc3)c3ccccc3)ccc3ccccc23)cc1. The molecule has 1 aliphatic carbocycles. The van der Waals surface area contributed by atoms with E-state index in [-0.39, 0.29) is 31.6 Å². The molecule has 7 heteroatoms. The molecule has 0 radical (unpaired) electrons. The van der Waals surface area contributed by atoms with Crippen LogP contribution < -0.4 is 31.8 Å². The summed E-state index contributed by atoms with van der Waals surface area (Å²) >= 11 is 0. The van der Waals surface area contributed by atoms with Crippen LogP contribution in [0.3, 0.4) is 0 Å². The average molecular weight is 982 g/mol. The minimum atomic E-state index is -1.37. The number of rotatable bonds is 7. The molecule has 3 fully saturated rings. The second-order valence-electron chi connectivity index (χ2n) is 16.8. The van der Waals surface area contributed by atoms with Crippen molar-refractivity contribution in [2.75, 3.05) is 26.4 Å². The van der Waals surface area contributed by atoms with Crippen molar-refractivity contribution in [1.82, 2.24) is 0 Å². The summed E-state index contributed by atoms with van der Waals surface area (Å²) in [7, 11) is -2.74. The number of nitrogens with one attached hydrogen (secondary N) is 2. The van der Waals surface area contributed by atoms with E-state index in [1.165, 1.54) is 103 Å². The standard InChI is InChI=1S/C44H32P2.C6H12N2.2C4H8O.Ru/c1-5-19-35(20-6-1)45(36-21-7-2-8-22-36)41-31-29-33-17-13-15-27-39(33)43(41)44-40-28-16-14-18-34(40)30-32-42(44)46(37-23-9-3-10-24-37)38-25-11-4-12-26-38;7-5-3-1-2-4-6(5)8;2*1-2-4-5-3-1;/h1-32H;5-8H,1-4H2;2*1-4H2;/q;-2;;;+2/p+2/t;5-,6-;;;/m.1.../s1. The summed E-state index contributed by atoms with van der Waals surface area (Å²) in [4.78, 5) is 0. The van der Waals surface area contributed by atoms with Crippen molar-refractivity contribution in [1.29, 1.82) is 0 Å². The van der Waals surface area contributed by atoms with Gasteiger partial charge in [0.25, 0.3) is 0 Å². The van der Waals surface area contributed by atoms with Gasteiger partial charge in [0.05, 0.1) is 15.8 Å². The molecule has 0 spiro atoms. The van der Waals surface area contributed by atoms with Gasteiger partial charge in [-0.3, -0.25) is 0 Å². The molecule has 2 saturated heterocycles. The van der Waals surface area contributed by atoms with Crippen LogP contribution in [0.1, 0.15) is 51.4 Å². The normalized spacial score (nSPS) is 16.7. The summed E-state index contributed by atoms with van der Waals surface area (Å²) in [6.07, 6.45) is 9.36.